The Morgan fingerprint density at radius 1 is 0.939 bits per heavy atom. The average molecular weight is 439 g/mol. The molecule has 7 heteroatoms. The highest BCUT2D eigenvalue weighted by molar-refractivity contribution is 5.90. The summed E-state index contributed by atoms with van der Waals surface area (Å²) in [4.78, 5) is 30.0. The molecule has 1 aliphatic rings. The SMILES string of the molecule is CC(=O)N1CCN(c2ncc3cc(-c4ccccc4)c(-c4ccc(CN)cc4)nc3n2)CC1. The second-order valence-electron chi connectivity index (χ2n) is 8.23. The predicted octanol–water partition coefficient (Wildman–Crippen LogP) is 3.49. The van der Waals surface area contributed by atoms with Crippen LogP contribution in [0.3, 0.4) is 0 Å². The van der Waals surface area contributed by atoms with Crippen LogP contribution in [0.15, 0.2) is 66.9 Å². The summed E-state index contributed by atoms with van der Waals surface area (Å²) >= 11 is 0. The molecule has 4 aromatic rings. The summed E-state index contributed by atoms with van der Waals surface area (Å²) in [6, 6.07) is 20.6. The molecule has 0 bridgehead atoms. The van der Waals surface area contributed by atoms with Crippen molar-refractivity contribution in [2.45, 2.75) is 13.5 Å². The van der Waals surface area contributed by atoms with E-state index in [9.17, 15) is 4.79 Å². The van der Waals surface area contributed by atoms with Crippen molar-refractivity contribution in [1.82, 2.24) is 19.9 Å². The number of rotatable bonds is 4. The number of benzene rings is 2. The predicted molar refractivity (Wildman–Crippen MR) is 131 cm³/mol. The van der Waals surface area contributed by atoms with Gasteiger partial charge in [0.05, 0.1) is 5.69 Å². The van der Waals surface area contributed by atoms with E-state index in [0.29, 0.717) is 44.3 Å². The number of carbonyl (C=O) groups is 1. The van der Waals surface area contributed by atoms with E-state index < -0.39 is 0 Å². The Balaban J connectivity index is 1.57. The lowest BCUT2D eigenvalue weighted by Crippen LogP contribution is -2.48. The number of pyridine rings is 1. The molecule has 33 heavy (non-hydrogen) atoms. The standard InChI is InChI=1S/C26H26N6O/c1-18(33)31-11-13-32(14-12-31)26-28-17-22-15-23(20-5-3-2-4-6-20)24(29-25(22)30-26)21-9-7-19(16-27)8-10-21/h2-10,15,17H,11-14,16,27H2,1H3. The molecule has 0 unspecified atom stereocenters. The third kappa shape index (κ3) is 4.27. The van der Waals surface area contributed by atoms with Crippen molar-refractivity contribution in [3.63, 3.8) is 0 Å². The molecule has 7 nitrogen and oxygen atoms in total. The minimum Gasteiger partial charge on any atom is -0.339 e. The lowest BCUT2D eigenvalue weighted by Gasteiger charge is -2.34. The maximum atomic E-state index is 11.6. The van der Waals surface area contributed by atoms with Gasteiger partial charge in [0.15, 0.2) is 5.65 Å². The molecule has 0 saturated carbocycles. The molecule has 1 fully saturated rings. The van der Waals surface area contributed by atoms with Gasteiger partial charge < -0.3 is 15.5 Å². The molecule has 0 radical (unpaired) electrons. The summed E-state index contributed by atoms with van der Waals surface area (Å²) in [5.74, 6) is 0.754. The van der Waals surface area contributed by atoms with Crippen molar-refractivity contribution >= 4 is 22.9 Å². The van der Waals surface area contributed by atoms with Crippen LogP contribution in [0.4, 0.5) is 5.95 Å². The molecule has 2 aromatic heterocycles. The summed E-state index contributed by atoms with van der Waals surface area (Å²) in [7, 11) is 0. The van der Waals surface area contributed by atoms with E-state index in [4.69, 9.17) is 15.7 Å². The van der Waals surface area contributed by atoms with Gasteiger partial charge in [-0.3, -0.25) is 4.79 Å². The first-order valence-electron chi connectivity index (χ1n) is 11.2. The monoisotopic (exact) mass is 438 g/mol. The maximum absolute atomic E-state index is 11.6. The zero-order valence-corrected chi connectivity index (χ0v) is 18.6. The molecule has 166 valence electrons. The number of aromatic nitrogens is 3. The number of carbonyl (C=O) groups excluding carboxylic acids is 1. The molecule has 2 aromatic carbocycles. The van der Waals surface area contributed by atoms with Crippen LogP contribution in [0.5, 0.6) is 0 Å². The van der Waals surface area contributed by atoms with Crippen molar-refractivity contribution in [2.24, 2.45) is 5.73 Å². The molecule has 5 rings (SSSR count). The topological polar surface area (TPSA) is 88.2 Å². The van der Waals surface area contributed by atoms with Gasteiger partial charge >= 0.3 is 0 Å². The van der Waals surface area contributed by atoms with Crippen LogP contribution < -0.4 is 10.6 Å². The molecule has 1 saturated heterocycles. The Kier molecular flexibility index (Phi) is 5.71. The van der Waals surface area contributed by atoms with Crippen LogP contribution in [0.1, 0.15) is 12.5 Å². The van der Waals surface area contributed by atoms with E-state index in [1.54, 1.807) is 6.92 Å². The van der Waals surface area contributed by atoms with Crippen molar-refractivity contribution in [1.29, 1.82) is 0 Å². The number of hydrogen-bond donors (Lipinski definition) is 1. The highest BCUT2D eigenvalue weighted by Gasteiger charge is 2.21. The third-order valence-corrected chi connectivity index (χ3v) is 6.11. The van der Waals surface area contributed by atoms with E-state index in [-0.39, 0.29) is 5.91 Å². The molecule has 0 aliphatic carbocycles. The van der Waals surface area contributed by atoms with Crippen LogP contribution in [0, 0.1) is 0 Å². The fraction of sp³-hybridized carbons (Fsp3) is 0.231. The fourth-order valence-corrected chi connectivity index (χ4v) is 4.18. The van der Waals surface area contributed by atoms with Gasteiger partial charge in [-0.05, 0) is 17.2 Å². The van der Waals surface area contributed by atoms with Crippen molar-refractivity contribution in [3.05, 3.63) is 72.4 Å². The number of fused-ring (bicyclic) bond motifs is 1. The highest BCUT2D eigenvalue weighted by Crippen LogP contribution is 2.33. The summed E-state index contributed by atoms with van der Waals surface area (Å²) in [6.07, 6.45) is 1.84. The number of amides is 1. The lowest BCUT2D eigenvalue weighted by atomic mass is 9.98. The fourth-order valence-electron chi connectivity index (χ4n) is 4.18. The first-order chi connectivity index (χ1) is 16.1. The summed E-state index contributed by atoms with van der Waals surface area (Å²) in [5.41, 5.74) is 11.5. The number of hydrogen-bond acceptors (Lipinski definition) is 6. The zero-order chi connectivity index (χ0) is 22.8. The molecular formula is C26H26N6O. The number of nitrogens with two attached hydrogens (primary N) is 1. The molecule has 3 heterocycles. The third-order valence-electron chi connectivity index (χ3n) is 6.11. The van der Waals surface area contributed by atoms with Crippen LogP contribution >= 0.6 is 0 Å². The average Bonchev–Trinajstić information content (AvgIpc) is 2.88. The molecule has 0 atom stereocenters. The van der Waals surface area contributed by atoms with E-state index >= 15 is 0 Å². The Hall–Kier alpha value is -3.84. The van der Waals surface area contributed by atoms with Crippen LogP contribution in [0.2, 0.25) is 0 Å². The number of anilines is 1. The van der Waals surface area contributed by atoms with E-state index in [1.165, 1.54) is 0 Å². The van der Waals surface area contributed by atoms with Crippen molar-refractivity contribution < 1.29 is 4.79 Å². The molecule has 2 N–H and O–H groups in total. The van der Waals surface area contributed by atoms with Gasteiger partial charge in [0.1, 0.15) is 0 Å². The number of nitrogens with zero attached hydrogens (tertiary/aromatic N) is 5. The normalized spacial score (nSPS) is 14.0. The van der Waals surface area contributed by atoms with Crippen molar-refractivity contribution in [3.8, 4) is 22.4 Å². The lowest BCUT2D eigenvalue weighted by molar-refractivity contribution is -0.129. The second-order valence-corrected chi connectivity index (χ2v) is 8.23. The Morgan fingerprint density at radius 3 is 2.33 bits per heavy atom. The van der Waals surface area contributed by atoms with Crippen LogP contribution in [-0.4, -0.2) is 51.9 Å². The smallest absolute Gasteiger partial charge is 0.227 e. The first kappa shape index (κ1) is 21.0. The molecule has 0 spiro atoms. The number of piperazine rings is 1. The summed E-state index contributed by atoms with van der Waals surface area (Å²) in [6.45, 7) is 4.88. The van der Waals surface area contributed by atoms with Gasteiger partial charge in [-0.25, -0.2) is 9.97 Å². The maximum Gasteiger partial charge on any atom is 0.227 e. The van der Waals surface area contributed by atoms with Gasteiger partial charge in [0.25, 0.3) is 0 Å². The quantitative estimate of drug-likeness (QED) is 0.525. The largest absolute Gasteiger partial charge is 0.339 e. The van der Waals surface area contributed by atoms with Crippen LogP contribution in [0.25, 0.3) is 33.4 Å². The van der Waals surface area contributed by atoms with E-state index in [2.05, 4.69) is 40.2 Å². The summed E-state index contributed by atoms with van der Waals surface area (Å²) < 4.78 is 0. The minimum absolute atomic E-state index is 0.106. The van der Waals surface area contributed by atoms with E-state index in [0.717, 1.165) is 33.3 Å². The first-order valence-corrected chi connectivity index (χ1v) is 11.2. The zero-order valence-electron chi connectivity index (χ0n) is 18.6. The van der Waals surface area contributed by atoms with Crippen molar-refractivity contribution in [2.75, 3.05) is 31.1 Å². The molecule has 1 aliphatic heterocycles. The summed E-state index contributed by atoms with van der Waals surface area (Å²) in [5, 5.41) is 0.891. The Bertz CT molecular complexity index is 1280. The molecule has 1 amide bonds. The second kappa shape index (κ2) is 8.96. The molecular weight excluding hydrogens is 412 g/mol. The minimum atomic E-state index is 0.106. The van der Waals surface area contributed by atoms with Crippen LogP contribution in [-0.2, 0) is 11.3 Å². The van der Waals surface area contributed by atoms with Gasteiger partial charge in [0, 0.05) is 62.4 Å². The van der Waals surface area contributed by atoms with Gasteiger partial charge in [-0.1, -0.05) is 54.6 Å². The van der Waals surface area contributed by atoms with E-state index in [1.807, 2.05) is 41.4 Å². The van der Waals surface area contributed by atoms with Gasteiger partial charge in [-0.15, -0.1) is 0 Å². The Labute approximate surface area is 192 Å². The Morgan fingerprint density at radius 2 is 1.67 bits per heavy atom. The highest BCUT2D eigenvalue weighted by atomic mass is 16.2. The van der Waals surface area contributed by atoms with Gasteiger partial charge in [-0.2, -0.15) is 4.98 Å². The van der Waals surface area contributed by atoms with Gasteiger partial charge in [0.2, 0.25) is 11.9 Å².